The predicted molar refractivity (Wildman–Crippen MR) is 146 cm³/mol. The number of piperidine rings is 1. The molecule has 1 unspecified atom stereocenters. The van der Waals surface area contributed by atoms with Crippen LogP contribution in [0.2, 0.25) is 0 Å². The number of rotatable bonds is 10. The van der Waals surface area contributed by atoms with E-state index in [2.05, 4.69) is 28.0 Å². The van der Waals surface area contributed by atoms with Crippen molar-refractivity contribution in [3.63, 3.8) is 0 Å². The van der Waals surface area contributed by atoms with E-state index in [4.69, 9.17) is 13.9 Å². The number of likely N-dealkylation sites (tertiary alicyclic amines) is 1. The van der Waals surface area contributed by atoms with Crippen molar-refractivity contribution in [3.05, 3.63) is 59.4 Å². The van der Waals surface area contributed by atoms with Crippen LogP contribution in [0.4, 0.5) is 0 Å². The maximum atomic E-state index is 13.1. The second-order valence-corrected chi connectivity index (χ2v) is 10.6. The smallest absolute Gasteiger partial charge is 0.227 e. The Morgan fingerprint density at radius 3 is 2.59 bits per heavy atom. The van der Waals surface area contributed by atoms with Gasteiger partial charge in [0.1, 0.15) is 11.3 Å². The minimum Gasteiger partial charge on any atom is -0.493 e. The standard InChI is InChI=1S/C31H40N2O4/c1-35-29-18-24-13-16-33(31(34)20-26(24)19-30(29)36-2)22-23-9-8-15-32(21-23)14-7-3-4-11-27-17-25-10-5-6-12-28(25)37-27/h5-6,10,12,17-19,23H,3-4,7-9,11,13-16,20-22H2,1-2H3. The molecule has 1 fully saturated rings. The van der Waals surface area contributed by atoms with E-state index in [1.54, 1.807) is 14.2 Å². The first kappa shape index (κ1) is 25.7. The summed E-state index contributed by atoms with van der Waals surface area (Å²) in [5, 5.41) is 1.20. The number of hydrogen-bond acceptors (Lipinski definition) is 5. The lowest BCUT2D eigenvalue weighted by molar-refractivity contribution is -0.131. The number of carbonyl (C=O) groups is 1. The molecule has 3 aromatic rings. The zero-order valence-corrected chi connectivity index (χ0v) is 22.3. The van der Waals surface area contributed by atoms with Crippen molar-refractivity contribution in [2.45, 2.75) is 51.4 Å². The molecule has 5 rings (SSSR count). The number of hydrogen-bond donors (Lipinski definition) is 0. The molecule has 37 heavy (non-hydrogen) atoms. The van der Waals surface area contributed by atoms with Gasteiger partial charge in [0.25, 0.3) is 0 Å². The van der Waals surface area contributed by atoms with Gasteiger partial charge in [-0.2, -0.15) is 0 Å². The summed E-state index contributed by atoms with van der Waals surface area (Å²) in [7, 11) is 3.30. The van der Waals surface area contributed by atoms with Gasteiger partial charge in [0.05, 0.1) is 20.6 Å². The molecule has 0 aliphatic carbocycles. The fraction of sp³-hybridized carbons (Fsp3) is 0.516. The number of aryl methyl sites for hydroxylation is 1. The van der Waals surface area contributed by atoms with E-state index in [9.17, 15) is 4.79 Å². The second kappa shape index (κ2) is 12.0. The highest BCUT2D eigenvalue weighted by Crippen LogP contribution is 2.33. The quantitative estimate of drug-likeness (QED) is 0.341. The Morgan fingerprint density at radius 2 is 1.78 bits per heavy atom. The van der Waals surface area contributed by atoms with Gasteiger partial charge in [0.15, 0.2) is 11.5 Å². The molecular weight excluding hydrogens is 464 g/mol. The van der Waals surface area contributed by atoms with Crippen LogP contribution in [-0.2, 0) is 24.1 Å². The molecule has 6 heteroatoms. The molecule has 1 amide bonds. The molecule has 3 heterocycles. The maximum Gasteiger partial charge on any atom is 0.227 e. The first-order chi connectivity index (χ1) is 18.1. The fourth-order valence-electron chi connectivity index (χ4n) is 5.99. The molecule has 198 valence electrons. The van der Waals surface area contributed by atoms with Gasteiger partial charge < -0.3 is 23.7 Å². The molecule has 1 aromatic heterocycles. The van der Waals surface area contributed by atoms with Gasteiger partial charge >= 0.3 is 0 Å². The lowest BCUT2D eigenvalue weighted by Gasteiger charge is -2.35. The van der Waals surface area contributed by atoms with Crippen LogP contribution in [0.1, 0.15) is 49.0 Å². The van der Waals surface area contributed by atoms with Gasteiger partial charge in [-0.15, -0.1) is 0 Å². The Kier molecular flexibility index (Phi) is 8.34. The number of nitrogens with zero attached hydrogens (tertiary/aromatic N) is 2. The Balaban J connectivity index is 1.06. The zero-order valence-electron chi connectivity index (χ0n) is 22.3. The van der Waals surface area contributed by atoms with Crippen molar-refractivity contribution in [2.24, 2.45) is 5.92 Å². The number of methoxy groups -OCH3 is 2. The summed E-state index contributed by atoms with van der Waals surface area (Å²) in [6.07, 6.45) is 8.34. The summed E-state index contributed by atoms with van der Waals surface area (Å²) in [6, 6.07) is 14.4. The summed E-state index contributed by atoms with van der Waals surface area (Å²) < 4.78 is 16.9. The summed E-state index contributed by atoms with van der Waals surface area (Å²) >= 11 is 0. The largest absolute Gasteiger partial charge is 0.493 e. The van der Waals surface area contributed by atoms with Crippen molar-refractivity contribution in [2.75, 3.05) is 46.9 Å². The van der Waals surface area contributed by atoms with Crippen LogP contribution in [0.25, 0.3) is 11.0 Å². The molecule has 1 atom stereocenters. The molecule has 2 aromatic carbocycles. The molecule has 0 spiro atoms. The highest BCUT2D eigenvalue weighted by Gasteiger charge is 2.27. The summed E-state index contributed by atoms with van der Waals surface area (Å²) in [5.41, 5.74) is 3.25. The predicted octanol–water partition coefficient (Wildman–Crippen LogP) is 5.50. The van der Waals surface area contributed by atoms with Crippen LogP contribution in [0, 0.1) is 5.92 Å². The van der Waals surface area contributed by atoms with Crippen molar-refractivity contribution in [3.8, 4) is 11.5 Å². The third kappa shape index (κ3) is 6.30. The number of furan rings is 1. The first-order valence-corrected chi connectivity index (χ1v) is 13.8. The highest BCUT2D eigenvalue weighted by atomic mass is 16.5. The van der Waals surface area contributed by atoms with Crippen LogP contribution >= 0.6 is 0 Å². The third-order valence-electron chi connectivity index (χ3n) is 8.01. The molecule has 0 saturated carbocycles. The topological polar surface area (TPSA) is 55.2 Å². The fourth-order valence-corrected chi connectivity index (χ4v) is 5.99. The van der Waals surface area contributed by atoms with Crippen LogP contribution in [0.15, 0.2) is 46.9 Å². The number of amides is 1. The molecular formula is C31H40N2O4. The second-order valence-electron chi connectivity index (χ2n) is 10.6. The third-order valence-corrected chi connectivity index (χ3v) is 8.01. The van der Waals surface area contributed by atoms with Crippen molar-refractivity contribution in [1.29, 1.82) is 0 Å². The van der Waals surface area contributed by atoms with E-state index in [0.717, 1.165) is 68.1 Å². The van der Waals surface area contributed by atoms with E-state index in [1.165, 1.54) is 43.2 Å². The van der Waals surface area contributed by atoms with E-state index in [-0.39, 0.29) is 5.91 Å². The maximum absolute atomic E-state index is 13.1. The number of benzene rings is 2. The zero-order chi connectivity index (χ0) is 25.6. The number of carbonyl (C=O) groups excluding carboxylic acids is 1. The van der Waals surface area contributed by atoms with Crippen molar-refractivity contribution >= 4 is 16.9 Å². The molecule has 2 aliphatic rings. The van der Waals surface area contributed by atoms with E-state index >= 15 is 0 Å². The lowest BCUT2D eigenvalue weighted by atomic mass is 9.96. The van der Waals surface area contributed by atoms with Crippen molar-refractivity contribution in [1.82, 2.24) is 9.80 Å². The number of fused-ring (bicyclic) bond motifs is 2. The Morgan fingerprint density at radius 1 is 0.973 bits per heavy atom. The monoisotopic (exact) mass is 504 g/mol. The van der Waals surface area contributed by atoms with Crippen LogP contribution < -0.4 is 9.47 Å². The van der Waals surface area contributed by atoms with Gasteiger partial charge in [-0.3, -0.25) is 4.79 Å². The molecule has 2 aliphatic heterocycles. The van der Waals surface area contributed by atoms with Gasteiger partial charge in [-0.1, -0.05) is 24.6 Å². The highest BCUT2D eigenvalue weighted by molar-refractivity contribution is 5.80. The molecule has 0 bridgehead atoms. The Hall–Kier alpha value is -2.99. The SMILES string of the molecule is COc1cc2c(cc1OC)CC(=O)N(CC1CCCN(CCCCCc3cc4ccccc4o3)C1)CC2. The van der Waals surface area contributed by atoms with Crippen LogP contribution in [-0.4, -0.2) is 62.7 Å². The van der Waals surface area contributed by atoms with Gasteiger partial charge in [-0.05, 0) is 86.5 Å². The number of unbranched alkanes of at least 4 members (excludes halogenated alkanes) is 2. The minimum atomic E-state index is 0.230. The summed E-state index contributed by atoms with van der Waals surface area (Å²) in [6.45, 7) is 5.07. The minimum absolute atomic E-state index is 0.230. The summed E-state index contributed by atoms with van der Waals surface area (Å²) in [4.78, 5) is 17.8. The lowest BCUT2D eigenvalue weighted by Crippen LogP contribution is -2.43. The average Bonchev–Trinajstić information content (AvgIpc) is 3.27. The van der Waals surface area contributed by atoms with Crippen molar-refractivity contribution < 1.29 is 18.7 Å². The van der Waals surface area contributed by atoms with Gasteiger partial charge in [-0.25, -0.2) is 0 Å². The molecule has 0 radical (unpaired) electrons. The Labute approximate surface area is 220 Å². The van der Waals surface area contributed by atoms with Crippen LogP contribution in [0.3, 0.4) is 0 Å². The number of para-hydroxylation sites is 1. The van der Waals surface area contributed by atoms with E-state index in [0.29, 0.717) is 18.1 Å². The molecule has 1 saturated heterocycles. The van der Waals surface area contributed by atoms with E-state index < -0.39 is 0 Å². The first-order valence-electron chi connectivity index (χ1n) is 13.8. The Bertz CT molecular complexity index is 1170. The summed E-state index contributed by atoms with van der Waals surface area (Å²) in [5.74, 6) is 3.32. The normalized spacial score (nSPS) is 18.6. The van der Waals surface area contributed by atoms with Crippen LogP contribution in [0.5, 0.6) is 11.5 Å². The number of ether oxygens (including phenoxy) is 2. The molecule has 0 N–H and O–H groups in total. The average molecular weight is 505 g/mol. The molecule has 6 nitrogen and oxygen atoms in total. The van der Waals surface area contributed by atoms with Gasteiger partial charge in [0, 0.05) is 31.4 Å². The van der Waals surface area contributed by atoms with E-state index in [1.807, 2.05) is 24.3 Å². The van der Waals surface area contributed by atoms with Gasteiger partial charge in [0.2, 0.25) is 5.91 Å².